The number of methoxy groups -OCH3 is 1. The Hall–Kier alpha value is -1.59. The van der Waals surface area contributed by atoms with E-state index in [9.17, 15) is 15.0 Å². The SMILES string of the molecule is CCC(CC)N(CCOC)CC(=O)c1ccc(O)c(O)c1. The molecule has 0 heterocycles. The third kappa shape index (κ3) is 5.02. The minimum atomic E-state index is -0.271. The van der Waals surface area contributed by atoms with Gasteiger partial charge in [0.1, 0.15) is 0 Å². The van der Waals surface area contributed by atoms with E-state index < -0.39 is 0 Å². The molecule has 2 N–H and O–H groups in total. The molecule has 118 valence electrons. The van der Waals surface area contributed by atoms with Crippen LogP contribution >= 0.6 is 0 Å². The van der Waals surface area contributed by atoms with Gasteiger partial charge in [0.05, 0.1) is 13.2 Å². The molecule has 0 aliphatic carbocycles. The second-order valence-electron chi connectivity index (χ2n) is 5.06. The van der Waals surface area contributed by atoms with Crippen LogP contribution in [-0.2, 0) is 4.74 Å². The summed E-state index contributed by atoms with van der Waals surface area (Å²) in [5.41, 5.74) is 0.402. The Balaban J connectivity index is 2.80. The highest BCUT2D eigenvalue weighted by Crippen LogP contribution is 2.25. The Morgan fingerprint density at radius 3 is 2.43 bits per heavy atom. The summed E-state index contributed by atoms with van der Waals surface area (Å²) in [5, 5.41) is 18.8. The van der Waals surface area contributed by atoms with Gasteiger partial charge in [-0.2, -0.15) is 0 Å². The van der Waals surface area contributed by atoms with Crippen LogP contribution in [0.2, 0.25) is 0 Å². The molecule has 0 aliphatic heterocycles. The number of carbonyl (C=O) groups excluding carboxylic acids is 1. The standard InChI is InChI=1S/C16H25NO4/c1-4-13(5-2)17(8-9-21-3)11-16(20)12-6-7-14(18)15(19)10-12/h6-7,10,13,18-19H,4-5,8-9,11H2,1-3H3. The first-order valence-corrected chi connectivity index (χ1v) is 7.31. The maximum absolute atomic E-state index is 12.3. The molecule has 0 aromatic heterocycles. The zero-order valence-corrected chi connectivity index (χ0v) is 13.0. The molecule has 0 bridgehead atoms. The minimum Gasteiger partial charge on any atom is -0.504 e. The fraction of sp³-hybridized carbons (Fsp3) is 0.562. The van der Waals surface area contributed by atoms with Gasteiger partial charge in [-0.1, -0.05) is 13.8 Å². The van der Waals surface area contributed by atoms with Gasteiger partial charge >= 0.3 is 0 Å². The fourth-order valence-electron chi connectivity index (χ4n) is 2.38. The molecule has 1 aromatic carbocycles. The quantitative estimate of drug-likeness (QED) is 0.541. The summed E-state index contributed by atoms with van der Waals surface area (Å²) < 4.78 is 5.11. The molecular weight excluding hydrogens is 270 g/mol. The lowest BCUT2D eigenvalue weighted by Crippen LogP contribution is -2.40. The normalized spacial score (nSPS) is 11.3. The highest BCUT2D eigenvalue weighted by atomic mass is 16.5. The summed E-state index contributed by atoms with van der Waals surface area (Å²) in [6.45, 7) is 5.75. The van der Waals surface area contributed by atoms with E-state index in [1.165, 1.54) is 18.2 Å². The second kappa shape index (κ2) is 8.64. The molecule has 0 radical (unpaired) electrons. The maximum atomic E-state index is 12.3. The molecule has 21 heavy (non-hydrogen) atoms. The summed E-state index contributed by atoms with van der Waals surface area (Å²) >= 11 is 0. The molecule has 0 spiro atoms. The molecule has 1 aromatic rings. The van der Waals surface area contributed by atoms with Crippen LogP contribution in [-0.4, -0.2) is 53.7 Å². The van der Waals surface area contributed by atoms with E-state index in [2.05, 4.69) is 18.7 Å². The van der Waals surface area contributed by atoms with E-state index in [0.29, 0.717) is 24.8 Å². The van der Waals surface area contributed by atoms with Crippen molar-refractivity contribution in [2.24, 2.45) is 0 Å². The van der Waals surface area contributed by atoms with Crippen LogP contribution in [0.15, 0.2) is 18.2 Å². The first-order valence-electron chi connectivity index (χ1n) is 7.31. The smallest absolute Gasteiger partial charge is 0.176 e. The number of phenols is 2. The highest BCUT2D eigenvalue weighted by Gasteiger charge is 2.19. The largest absolute Gasteiger partial charge is 0.504 e. The van der Waals surface area contributed by atoms with Crippen LogP contribution in [0.1, 0.15) is 37.0 Å². The lowest BCUT2D eigenvalue weighted by molar-refractivity contribution is 0.0811. The topological polar surface area (TPSA) is 70.0 Å². The monoisotopic (exact) mass is 295 g/mol. The Bertz CT molecular complexity index is 458. The summed E-state index contributed by atoms with van der Waals surface area (Å²) in [4.78, 5) is 14.4. The third-order valence-corrected chi connectivity index (χ3v) is 3.69. The van der Waals surface area contributed by atoms with Gasteiger partial charge in [-0.05, 0) is 31.0 Å². The van der Waals surface area contributed by atoms with Crippen molar-refractivity contribution in [1.82, 2.24) is 4.90 Å². The van der Waals surface area contributed by atoms with E-state index >= 15 is 0 Å². The number of ketones is 1. The molecule has 1 rings (SSSR count). The summed E-state index contributed by atoms with van der Waals surface area (Å²) in [6.07, 6.45) is 1.93. The molecule has 5 heteroatoms. The van der Waals surface area contributed by atoms with Crippen molar-refractivity contribution in [2.45, 2.75) is 32.7 Å². The van der Waals surface area contributed by atoms with E-state index in [1.807, 2.05) is 0 Å². The molecule has 0 unspecified atom stereocenters. The van der Waals surface area contributed by atoms with Gasteiger partial charge in [-0.25, -0.2) is 0 Å². The number of carbonyl (C=O) groups is 1. The number of rotatable bonds is 9. The van der Waals surface area contributed by atoms with Crippen LogP contribution in [0.4, 0.5) is 0 Å². The number of aromatic hydroxyl groups is 2. The molecule has 5 nitrogen and oxygen atoms in total. The minimum absolute atomic E-state index is 0.0756. The van der Waals surface area contributed by atoms with Crippen molar-refractivity contribution in [2.75, 3.05) is 26.8 Å². The van der Waals surface area contributed by atoms with Crippen LogP contribution in [0.3, 0.4) is 0 Å². The molecule has 0 saturated heterocycles. The van der Waals surface area contributed by atoms with Crippen molar-refractivity contribution in [3.05, 3.63) is 23.8 Å². The number of Topliss-reactive ketones (excluding diaryl/α,β-unsaturated/α-hetero) is 1. The van der Waals surface area contributed by atoms with Gasteiger partial charge in [-0.15, -0.1) is 0 Å². The lowest BCUT2D eigenvalue weighted by Gasteiger charge is -2.29. The van der Waals surface area contributed by atoms with E-state index in [4.69, 9.17) is 4.74 Å². The average Bonchev–Trinajstić information content (AvgIpc) is 2.48. The third-order valence-electron chi connectivity index (χ3n) is 3.69. The number of nitrogens with zero attached hydrogens (tertiary/aromatic N) is 1. The van der Waals surface area contributed by atoms with Gasteiger partial charge in [0.25, 0.3) is 0 Å². The number of benzene rings is 1. The molecule has 0 amide bonds. The molecule has 0 aliphatic rings. The first-order chi connectivity index (χ1) is 10.0. The van der Waals surface area contributed by atoms with Gasteiger partial charge in [0.2, 0.25) is 0 Å². The summed E-state index contributed by atoms with van der Waals surface area (Å²) in [7, 11) is 1.64. The predicted octanol–water partition coefficient (Wildman–Crippen LogP) is 2.42. The van der Waals surface area contributed by atoms with Gasteiger partial charge in [-0.3, -0.25) is 9.69 Å². The Labute approximate surface area is 126 Å². The lowest BCUT2D eigenvalue weighted by atomic mass is 10.1. The van der Waals surface area contributed by atoms with Crippen molar-refractivity contribution >= 4 is 5.78 Å². The number of ether oxygens (including phenoxy) is 1. The van der Waals surface area contributed by atoms with Crippen LogP contribution in [0, 0.1) is 0 Å². The van der Waals surface area contributed by atoms with E-state index in [1.54, 1.807) is 7.11 Å². The van der Waals surface area contributed by atoms with Gasteiger partial charge in [0.15, 0.2) is 17.3 Å². The molecule has 0 saturated carbocycles. The Kier molecular flexibility index (Phi) is 7.19. The van der Waals surface area contributed by atoms with Crippen molar-refractivity contribution in [3.63, 3.8) is 0 Å². The second-order valence-corrected chi connectivity index (χ2v) is 5.06. The van der Waals surface area contributed by atoms with Crippen LogP contribution in [0.5, 0.6) is 11.5 Å². The molecule has 0 atom stereocenters. The number of hydrogen-bond acceptors (Lipinski definition) is 5. The van der Waals surface area contributed by atoms with Crippen molar-refractivity contribution < 1.29 is 19.7 Å². The first kappa shape index (κ1) is 17.5. The number of hydrogen-bond donors (Lipinski definition) is 2. The predicted molar refractivity (Wildman–Crippen MR) is 81.9 cm³/mol. The van der Waals surface area contributed by atoms with E-state index in [-0.39, 0.29) is 23.8 Å². The molecular formula is C16H25NO4. The van der Waals surface area contributed by atoms with Gasteiger partial charge < -0.3 is 14.9 Å². The Morgan fingerprint density at radius 2 is 1.90 bits per heavy atom. The Morgan fingerprint density at radius 1 is 1.24 bits per heavy atom. The zero-order valence-electron chi connectivity index (χ0n) is 13.0. The summed E-state index contributed by atoms with van der Waals surface area (Å²) in [5.74, 6) is -0.567. The van der Waals surface area contributed by atoms with Crippen molar-refractivity contribution in [1.29, 1.82) is 0 Å². The maximum Gasteiger partial charge on any atom is 0.176 e. The number of phenolic OH excluding ortho intramolecular Hbond substituents is 2. The van der Waals surface area contributed by atoms with E-state index in [0.717, 1.165) is 12.8 Å². The molecule has 0 fully saturated rings. The van der Waals surface area contributed by atoms with Crippen LogP contribution in [0.25, 0.3) is 0 Å². The summed E-state index contributed by atoms with van der Waals surface area (Å²) in [6, 6.07) is 4.49. The highest BCUT2D eigenvalue weighted by molar-refractivity contribution is 5.98. The fourth-order valence-corrected chi connectivity index (χ4v) is 2.38. The van der Waals surface area contributed by atoms with Crippen LogP contribution < -0.4 is 0 Å². The van der Waals surface area contributed by atoms with Gasteiger partial charge in [0, 0.05) is 25.3 Å². The van der Waals surface area contributed by atoms with Crippen molar-refractivity contribution in [3.8, 4) is 11.5 Å². The zero-order chi connectivity index (χ0) is 15.8. The average molecular weight is 295 g/mol.